The molecule has 0 bridgehead atoms. The van der Waals surface area contributed by atoms with Crippen LogP contribution in [0.3, 0.4) is 0 Å². The van der Waals surface area contributed by atoms with Crippen LogP contribution in [0.2, 0.25) is 5.02 Å². The number of anilines is 1. The smallest absolute Gasteiger partial charge is 0.255 e. The number of amides is 1. The van der Waals surface area contributed by atoms with Gasteiger partial charge in [-0.15, -0.1) is 11.3 Å². The molecule has 0 fully saturated rings. The number of benzene rings is 1. The van der Waals surface area contributed by atoms with Crippen molar-refractivity contribution in [3.63, 3.8) is 0 Å². The molecule has 1 amide bonds. The van der Waals surface area contributed by atoms with Gasteiger partial charge in [-0.2, -0.15) is 0 Å². The molecule has 26 heavy (non-hydrogen) atoms. The average Bonchev–Trinajstić information content (AvgIpc) is 3.10. The zero-order chi connectivity index (χ0) is 18.5. The summed E-state index contributed by atoms with van der Waals surface area (Å²) < 4.78 is 0. The maximum absolute atomic E-state index is 12.4. The lowest BCUT2D eigenvalue weighted by Crippen LogP contribution is -2.28. The fraction of sp³-hybridized carbons (Fsp3) is 0.211. The molecule has 1 aromatic carbocycles. The number of halogens is 1. The maximum atomic E-state index is 12.4. The van der Waals surface area contributed by atoms with E-state index in [9.17, 15) is 4.79 Å². The summed E-state index contributed by atoms with van der Waals surface area (Å²) in [5.41, 5.74) is 2.43. The summed E-state index contributed by atoms with van der Waals surface area (Å²) in [7, 11) is 3.73. The van der Waals surface area contributed by atoms with Crippen LogP contribution in [0.25, 0.3) is 10.6 Å². The maximum Gasteiger partial charge on any atom is 0.255 e. The molecule has 1 N–H and O–H groups in total. The van der Waals surface area contributed by atoms with Gasteiger partial charge >= 0.3 is 0 Å². The lowest BCUT2D eigenvalue weighted by molar-refractivity contribution is 0.0954. The molecule has 0 aliphatic carbocycles. The molecular formula is C19H19ClN4OS. The summed E-state index contributed by atoms with van der Waals surface area (Å²) in [5, 5.41) is 6.51. The van der Waals surface area contributed by atoms with Crippen molar-refractivity contribution in [3.8, 4) is 10.6 Å². The van der Waals surface area contributed by atoms with Crippen molar-refractivity contribution in [2.75, 3.05) is 25.5 Å². The minimum Gasteiger partial charge on any atom is -0.362 e. The van der Waals surface area contributed by atoms with E-state index in [4.69, 9.17) is 11.6 Å². The van der Waals surface area contributed by atoms with Crippen molar-refractivity contribution < 1.29 is 4.79 Å². The zero-order valence-electron chi connectivity index (χ0n) is 14.6. The van der Waals surface area contributed by atoms with Crippen LogP contribution >= 0.6 is 22.9 Å². The van der Waals surface area contributed by atoms with Gasteiger partial charge in [-0.25, -0.2) is 9.97 Å². The number of carbonyl (C=O) groups excluding carboxylic acids is 1. The predicted molar refractivity (Wildman–Crippen MR) is 107 cm³/mol. The first-order chi connectivity index (χ1) is 12.6. The van der Waals surface area contributed by atoms with Gasteiger partial charge < -0.3 is 10.2 Å². The molecule has 3 rings (SSSR count). The Labute approximate surface area is 161 Å². The van der Waals surface area contributed by atoms with Crippen LogP contribution in [-0.4, -0.2) is 36.5 Å². The quantitative estimate of drug-likeness (QED) is 0.698. The number of rotatable bonds is 6. The van der Waals surface area contributed by atoms with Gasteiger partial charge in [0.25, 0.3) is 5.91 Å². The molecule has 0 saturated carbocycles. The second kappa shape index (κ2) is 8.29. The summed E-state index contributed by atoms with van der Waals surface area (Å²) in [6.07, 6.45) is 2.34. The van der Waals surface area contributed by atoms with Crippen LogP contribution in [0.15, 0.2) is 48.0 Å². The Morgan fingerprint density at radius 1 is 1.23 bits per heavy atom. The SMILES string of the molecule is CN(C)c1ncccc1C(=O)NCCc1csc(-c2ccccc2Cl)n1. The first-order valence-corrected chi connectivity index (χ1v) is 9.42. The molecular weight excluding hydrogens is 368 g/mol. The van der Waals surface area contributed by atoms with Gasteiger partial charge in [-0.05, 0) is 18.2 Å². The summed E-state index contributed by atoms with van der Waals surface area (Å²) in [6, 6.07) is 11.2. The summed E-state index contributed by atoms with van der Waals surface area (Å²) >= 11 is 7.78. The number of carbonyl (C=O) groups is 1. The van der Waals surface area contributed by atoms with E-state index in [0.717, 1.165) is 16.3 Å². The van der Waals surface area contributed by atoms with Crippen LogP contribution in [-0.2, 0) is 6.42 Å². The van der Waals surface area contributed by atoms with Crippen LogP contribution in [0.1, 0.15) is 16.1 Å². The molecule has 134 valence electrons. The Kier molecular flexibility index (Phi) is 5.85. The first kappa shape index (κ1) is 18.4. The molecule has 0 spiro atoms. The standard InChI is InChI=1S/C19H19ClN4OS/c1-24(2)17-15(7-5-10-21-17)18(25)22-11-9-13-12-26-19(23-13)14-6-3-4-8-16(14)20/h3-8,10,12H,9,11H2,1-2H3,(H,22,25). The van der Waals surface area contributed by atoms with Crippen molar-refractivity contribution in [1.82, 2.24) is 15.3 Å². The van der Waals surface area contributed by atoms with Gasteiger partial charge in [0, 0.05) is 44.2 Å². The van der Waals surface area contributed by atoms with Gasteiger partial charge in [0.05, 0.1) is 16.3 Å². The van der Waals surface area contributed by atoms with E-state index in [2.05, 4.69) is 15.3 Å². The van der Waals surface area contributed by atoms with E-state index in [0.29, 0.717) is 29.4 Å². The number of pyridine rings is 1. The van der Waals surface area contributed by atoms with Crippen molar-refractivity contribution in [2.24, 2.45) is 0 Å². The van der Waals surface area contributed by atoms with E-state index >= 15 is 0 Å². The molecule has 0 aliphatic heterocycles. The topological polar surface area (TPSA) is 58.1 Å². The second-order valence-electron chi connectivity index (χ2n) is 5.90. The Hall–Kier alpha value is -2.44. The fourth-order valence-electron chi connectivity index (χ4n) is 2.51. The van der Waals surface area contributed by atoms with Crippen LogP contribution in [0.5, 0.6) is 0 Å². The Morgan fingerprint density at radius 2 is 2.04 bits per heavy atom. The highest BCUT2D eigenvalue weighted by Gasteiger charge is 2.13. The van der Waals surface area contributed by atoms with E-state index < -0.39 is 0 Å². The predicted octanol–water partition coefficient (Wildman–Crippen LogP) is 3.90. The van der Waals surface area contributed by atoms with E-state index in [1.54, 1.807) is 29.7 Å². The molecule has 0 saturated heterocycles. The minimum absolute atomic E-state index is 0.136. The summed E-state index contributed by atoms with van der Waals surface area (Å²) in [5.74, 6) is 0.517. The second-order valence-corrected chi connectivity index (χ2v) is 7.16. The van der Waals surface area contributed by atoms with Crippen LogP contribution < -0.4 is 10.2 Å². The number of hydrogen-bond donors (Lipinski definition) is 1. The lowest BCUT2D eigenvalue weighted by Gasteiger charge is -2.15. The number of nitrogens with zero attached hydrogens (tertiary/aromatic N) is 3. The van der Waals surface area contributed by atoms with E-state index in [1.807, 2.05) is 48.6 Å². The lowest BCUT2D eigenvalue weighted by atomic mass is 10.2. The number of nitrogens with one attached hydrogen (secondary N) is 1. The third-order valence-electron chi connectivity index (χ3n) is 3.78. The van der Waals surface area contributed by atoms with E-state index in [1.165, 1.54) is 0 Å². The Bertz CT molecular complexity index is 910. The summed E-state index contributed by atoms with van der Waals surface area (Å²) in [6.45, 7) is 0.506. The molecule has 7 heteroatoms. The van der Waals surface area contributed by atoms with Gasteiger partial charge in [0.2, 0.25) is 0 Å². The minimum atomic E-state index is -0.136. The third-order valence-corrected chi connectivity index (χ3v) is 5.03. The van der Waals surface area contributed by atoms with Gasteiger partial charge in [-0.1, -0.05) is 29.8 Å². The summed E-state index contributed by atoms with van der Waals surface area (Å²) in [4.78, 5) is 23.1. The molecule has 0 unspecified atom stereocenters. The van der Waals surface area contributed by atoms with E-state index in [-0.39, 0.29) is 5.91 Å². The first-order valence-electron chi connectivity index (χ1n) is 8.16. The Morgan fingerprint density at radius 3 is 2.81 bits per heavy atom. The molecule has 5 nitrogen and oxygen atoms in total. The Balaban J connectivity index is 1.61. The molecule has 0 aliphatic rings. The van der Waals surface area contributed by atoms with Crippen molar-refractivity contribution in [1.29, 1.82) is 0 Å². The molecule has 2 aromatic heterocycles. The highest BCUT2D eigenvalue weighted by Crippen LogP contribution is 2.30. The van der Waals surface area contributed by atoms with Crippen molar-refractivity contribution in [3.05, 3.63) is 64.3 Å². The normalized spacial score (nSPS) is 10.6. The fourth-order valence-corrected chi connectivity index (χ4v) is 3.68. The highest BCUT2D eigenvalue weighted by molar-refractivity contribution is 7.13. The van der Waals surface area contributed by atoms with Gasteiger partial charge in [-0.3, -0.25) is 4.79 Å². The van der Waals surface area contributed by atoms with Crippen LogP contribution in [0, 0.1) is 0 Å². The number of hydrogen-bond acceptors (Lipinski definition) is 5. The number of aromatic nitrogens is 2. The van der Waals surface area contributed by atoms with Gasteiger partial charge in [0.1, 0.15) is 10.8 Å². The van der Waals surface area contributed by atoms with Crippen molar-refractivity contribution >= 4 is 34.7 Å². The van der Waals surface area contributed by atoms with Crippen molar-refractivity contribution in [2.45, 2.75) is 6.42 Å². The highest BCUT2D eigenvalue weighted by atomic mass is 35.5. The van der Waals surface area contributed by atoms with Crippen LogP contribution in [0.4, 0.5) is 5.82 Å². The number of thiazole rings is 1. The molecule has 3 aromatic rings. The molecule has 0 atom stereocenters. The zero-order valence-corrected chi connectivity index (χ0v) is 16.1. The average molecular weight is 387 g/mol. The molecule has 2 heterocycles. The third kappa shape index (κ3) is 4.20. The monoisotopic (exact) mass is 386 g/mol. The largest absolute Gasteiger partial charge is 0.362 e. The molecule has 0 radical (unpaired) electrons. The van der Waals surface area contributed by atoms with Gasteiger partial charge in [0.15, 0.2) is 0 Å².